The van der Waals surface area contributed by atoms with Crippen molar-refractivity contribution in [3.05, 3.63) is 35.4 Å². The Bertz CT molecular complexity index is 353. The van der Waals surface area contributed by atoms with E-state index in [-0.39, 0.29) is 18.7 Å². The molecule has 0 aliphatic heterocycles. The molecule has 102 valence electrons. The van der Waals surface area contributed by atoms with Gasteiger partial charge in [0.25, 0.3) is 6.43 Å². The molecule has 6 heteroatoms. The van der Waals surface area contributed by atoms with Gasteiger partial charge in [0.2, 0.25) is 0 Å². The van der Waals surface area contributed by atoms with Crippen molar-refractivity contribution in [2.75, 3.05) is 19.8 Å². The van der Waals surface area contributed by atoms with Crippen LogP contribution in [0.2, 0.25) is 0 Å². The number of halogens is 4. The van der Waals surface area contributed by atoms with Gasteiger partial charge in [-0.15, -0.1) is 0 Å². The summed E-state index contributed by atoms with van der Waals surface area (Å²) in [5.41, 5.74) is -0.0636. The van der Waals surface area contributed by atoms with Crippen LogP contribution in [0.3, 0.4) is 0 Å². The molecule has 0 radical (unpaired) electrons. The van der Waals surface area contributed by atoms with Crippen LogP contribution in [-0.2, 0) is 4.74 Å². The zero-order valence-electron chi connectivity index (χ0n) is 9.93. The molecule has 0 bridgehead atoms. The van der Waals surface area contributed by atoms with E-state index in [4.69, 9.17) is 0 Å². The number of nitrogens with one attached hydrogen (secondary N) is 1. The first-order valence-electron chi connectivity index (χ1n) is 5.55. The molecule has 0 saturated carbocycles. The largest absolute Gasteiger partial charge is 0.374 e. The van der Waals surface area contributed by atoms with E-state index in [1.165, 1.54) is 18.2 Å². The second-order valence-electron chi connectivity index (χ2n) is 3.78. The molecule has 0 aromatic heterocycles. The maximum Gasteiger partial charge on any atom is 0.261 e. The van der Waals surface area contributed by atoms with E-state index >= 15 is 0 Å². The van der Waals surface area contributed by atoms with Crippen LogP contribution in [0.15, 0.2) is 18.2 Å². The summed E-state index contributed by atoms with van der Waals surface area (Å²) in [6.45, 7) is 1.26. The number of rotatable bonds is 7. The summed E-state index contributed by atoms with van der Waals surface area (Å²) < 4.78 is 54.9. The fourth-order valence-corrected chi connectivity index (χ4v) is 1.55. The van der Waals surface area contributed by atoms with Crippen molar-refractivity contribution in [3.8, 4) is 0 Å². The summed E-state index contributed by atoms with van der Waals surface area (Å²) in [5, 5.41) is 2.80. The summed E-state index contributed by atoms with van der Waals surface area (Å²) in [6.07, 6.45) is -2.51. The molecule has 1 unspecified atom stereocenters. The maximum absolute atomic E-state index is 13.4. The lowest BCUT2D eigenvalue weighted by Crippen LogP contribution is -2.25. The Kier molecular flexibility index (Phi) is 6.07. The van der Waals surface area contributed by atoms with Gasteiger partial charge in [0.05, 0.1) is 6.61 Å². The third-order valence-electron chi connectivity index (χ3n) is 2.37. The van der Waals surface area contributed by atoms with Gasteiger partial charge < -0.3 is 10.1 Å². The highest BCUT2D eigenvalue weighted by Gasteiger charge is 2.15. The lowest BCUT2D eigenvalue weighted by Gasteiger charge is -2.15. The molecule has 0 spiro atoms. The Labute approximate surface area is 103 Å². The van der Waals surface area contributed by atoms with Crippen LogP contribution in [0.5, 0.6) is 0 Å². The molecule has 1 N–H and O–H groups in total. The Hall–Kier alpha value is -1.14. The lowest BCUT2D eigenvalue weighted by atomic mass is 10.1. The van der Waals surface area contributed by atoms with Crippen molar-refractivity contribution < 1.29 is 22.3 Å². The van der Waals surface area contributed by atoms with Crippen LogP contribution in [0.4, 0.5) is 17.6 Å². The van der Waals surface area contributed by atoms with E-state index in [9.17, 15) is 17.6 Å². The van der Waals surface area contributed by atoms with E-state index in [1.54, 1.807) is 6.92 Å². The topological polar surface area (TPSA) is 21.3 Å². The number of hydrogen-bond acceptors (Lipinski definition) is 2. The predicted molar refractivity (Wildman–Crippen MR) is 59.6 cm³/mol. The molecule has 1 aromatic carbocycles. The smallest absolute Gasteiger partial charge is 0.261 e. The fourth-order valence-electron chi connectivity index (χ4n) is 1.55. The molecule has 1 aromatic rings. The molecule has 0 aliphatic rings. The highest BCUT2D eigenvalue weighted by Crippen LogP contribution is 2.19. The van der Waals surface area contributed by atoms with Gasteiger partial charge >= 0.3 is 0 Å². The van der Waals surface area contributed by atoms with Crippen molar-refractivity contribution in [2.45, 2.75) is 19.4 Å². The molecular formula is C12H15F4NO. The zero-order valence-corrected chi connectivity index (χ0v) is 9.93. The minimum Gasteiger partial charge on any atom is -0.374 e. The lowest BCUT2D eigenvalue weighted by molar-refractivity contribution is 0.0183. The van der Waals surface area contributed by atoms with Crippen LogP contribution in [0, 0.1) is 11.6 Å². The van der Waals surface area contributed by atoms with Gasteiger partial charge in [-0.1, -0.05) is 6.07 Å². The van der Waals surface area contributed by atoms with E-state index in [2.05, 4.69) is 10.1 Å². The van der Waals surface area contributed by atoms with Crippen LogP contribution < -0.4 is 5.32 Å². The Balaban J connectivity index is 2.39. The number of alkyl halides is 2. The quantitative estimate of drug-likeness (QED) is 0.604. The Morgan fingerprint density at radius 3 is 2.39 bits per heavy atom. The standard InChI is InChI=1S/C12H15F4NO/c1-8(17-5-6-18-7-11(15)16)12-9(13)3-2-4-10(12)14/h2-4,8,11,17H,5-7H2,1H3. The van der Waals surface area contributed by atoms with Crippen LogP contribution in [-0.4, -0.2) is 26.2 Å². The summed E-state index contributed by atoms with van der Waals surface area (Å²) in [4.78, 5) is 0. The van der Waals surface area contributed by atoms with E-state index < -0.39 is 30.7 Å². The Morgan fingerprint density at radius 2 is 1.83 bits per heavy atom. The average molecular weight is 265 g/mol. The summed E-state index contributed by atoms with van der Waals surface area (Å²) in [7, 11) is 0. The van der Waals surface area contributed by atoms with Gasteiger partial charge in [0.1, 0.15) is 18.2 Å². The van der Waals surface area contributed by atoms with Crippen LogP contribution in [0.1, 0.15) is 18.5 Å². The number of ether oxygens (including phenoxy) is 1. The molecule has 0 heterocycles. The summed E-state index contributed by atoms with van der Waals surface area (Å²) in [6, 6.07) is 3.07. The third-order valence-corrected chi connectivity index (χ3v) is 2.37. The van der Waals surface area contributed by atoms with Gasteiger partial charge in [0.15, 0.2) is 0 Å². The molecule has 0 amide bonds. The van der Waals surface area contributed by atoms with E-state index in [0.29, 0.717) is 0 Å². The second kappa shape index (κ2) is 7.33. The first kappa shape index (κ1) is 14.9. The van der Waals surface area contributed by atoms with E-state index in [1.807, 2.05) is 0 Å². The van der Waals surface area contributed by atoms with Gasteiger partial charge in [-0.3, -0.25) is 0 Å². The summed E-state index contributed by atoms with van der Waals surface area (Å²) >= 11 is 0. The van der Waals surface area contributed by atoms with Crippen molar-refractivity contribution in [1.29, 1.82) is 0 Å². The van der Waals surface area contributed by atoms with E-state index in [0.717, 1.165) is 0 Å². The van der Waals surface area contributed by atoms with Gasteiger partial charge in [-0.2, -0.15) is 0 Å². The molecule has 1 atom stereocenters. The summed E-state index contributed by atoms with van der Waals surface area (Å²) in [5.74, 6) is -1.27. The van der Waals surface area contributed by atoms with Gasteiger partial charge in [0, 0.05) is 18.2 Å². The number of hydrogen-bond donors (Lipinski definition) is 1. The van der Waals surface area contributed by atoms with Gasteiger partial charge in [-0.25, -0.2) is 17.6 Å². The molecule has 0 saturated heterocycles. The zero-order chi connectivity index (χ0) is 13.5. The van der Waals surface area contributed by atoms with Crippen molar-refractivity contribution >= 4 is 0 Å². The SMILES string of the molecule is CC(NCCOCC(F)F)c1c(F)cccc1F. The fraction of sp³-hybridized carbons (Fsp3) is 0.500. The number of benzene rings is 1. The molecule has 0 aliphatic carbocycles. The molecule has 2 nitrogen and oxygen atoms in total. The minimum atomic E-state index is -2.51. The molecule has 1 rings (SSSR count). The van der Waals surface area contributed by atoms with Crippen molar-refractivity contribution in [1.82, 2.24) is 5.32 Å². The third kappa shape index (κ3) is 4.62. The molecule has 18 heavy (non-hydrogen) atoms. The average Bonchev–Trinajstić information content (AvgIpc) is 2.27. The first-order chi connectivity index (χ1) is 8.52. The Morgan fingerprint density at radius 1 is 1.22 bits per heavy atom. The van der Waals surface area contributed by atoms with Crippen molar-refractivity contribution in [2.24, 2.45) is 0 Å². The van der Waals surface area contributed by atoms with Gasteiger partial charge in [-0.05, 0) is 19.1 Å². The van der Waals surface area contributed by atoms with Crippen molar-refractivity contribution in [3.63, 3.8) is 0 Å². The predicted octanol–water partition coefficient (Wildman–Crippen LogP) is 2.90. The molecule has 0 fully saturated rings. The normalized spacial score (nSPS) is 13.0. The first-order valence-corrected chi connectivity index (χ1v) is 5.55. The monoisotopic (exact) mass is 265 g/mol. The van der Waals surface area contributed by atoms with Crippen LogP contribution in [0.25, 0.3) is 0 Å². The highest BCUT2D eigenvalue weighted by atomic mass is 19.3. The highest BCUT2D eigenvalue weighted by molar-refractivity contribution is 5.22. The molecular weight excluding hydrogens is 250 g/mol. The second-order valence-corrected chi connectivity index (χ2v) is 3.78. The minimum absolute atomic E-state index is 0.0603. The maximum atomic E-state index is 13.4. The van der Waals surface area contributed by atoms with Crippen LogP contribution >= 0.6 is 0 Å².